The third-order valence-electron chi connectivity index (χ3n) is 2.78. The second kappa shape index (κ2) is 5.30. The predicted octanol–water partition coefficient (Wildman–Crippen LogP) is 1.60. The number of carboxylic acids is 1. The molecule has 104 valence electrons. The number of aromatic carboxylic acids is 1. The molecule has 0 saturated heterocycles. The lowest BCUT2D eigenvalue weighted by atomic mass is 10.2. The van der Waals surface area contributed by atoms with E-state index >= 15 is 0 Å². The summed E-state index contributed by atoms with van der Waals surface area (Å²) in [5.41, 5.74) is 0.147. The average Bonchev–Trinajstić information content (AvgIpc) is 2.47. The third-order valence-corrected chi connectivity index (χ3v) is 4.63. The van der Waals surface area contributed by atoms with Gasteiger partial charge in [0, 0.05) is 19.4 Å². The van der Waals surface area contributed by atoms with Gasteiger partial charge >= 0.3 is 5.97 Å². The van der Waals surface area contributed by atoms with Crippen molar-refractivity contribution in [1.82, 2.24) is 4.98 Å². The summed E-state index contributed by atoms with van der Waals surface area (Å²) < 4.78 is 26.0. The van der Waals surface area contributed by atoms with Gasteiger partial charge in [0.05, 0.1) is 11.3 Å². The fourth-order valence-corrected chi connectivity index (χ4v) is 3.09. The number of pyridine rings is 1. The molecule has 1 heterocycles. The van der Waals surface area contributed by atoms with Crippen LogP contribution in [0.4, 0.5) is 5.69 Å². The summed E-state index contributed by atoms with van der Waals surface area (Å²) in [5.74, 6) is -1.28. The van der Waals surface area contributed by atoms with E-state index in [1.54, 1.807) is 0 Å². The zero-order valence-corrected chi connectivity index (χ0v) is 11.4. The summed E-state index contributed by atoms with van der Waals surface area (Å²) in [6.45, 7) is 0. The summed E-state index contributed by atoms with van der Waals surface area (Å²) in [7, 11) is -2.58. The van der Waals surface area contributed by atoms with Crippen molar-refractivity contribution in [1.29, 1.82) is 0 Å². The summed E-state index contributed by atoms with van der Waals surface area (Å²) in [4.78, 5) is 14.7. The van der Waals surface area contributed by atoms with E-state index in [4.69, 9.17) is 5.11 Å². The molecule has 0 aliphatic carbocycles. The van der Waals surface area contributed by atoms with E-state index < -0.39 is 16.0 Å². The Morgan fingerprint density at radius 3 is 2.35 bits per heavy atom. The number of benzene rings is 1. The minimum absolute atomic E-state index is 0.244. The van der Waals surface area contributed by atoms with E-state index in [-0.39, 0.29) is 10.5 Å². The smallest absolute Gasteiger partial charge is 0.337 e. The number of carbonyl (C=O) groups is 1. The second-order valence-electron chi connectivity index (χ2n) is 3.98. The molecule has 0 amide bonds. The molecule has 0 bridgehead atoms. The lowest BCUT2D eigenvalue weighted by molar-refractivity contribution is 0.0692. The monoisotopic (exact) mass is 292 g/mol. The Hall–Kier alpha value is -2.41. The maximum absolute atomic E-state index is 12.5. The van der Waals surface area contributed by atoms with Crippen molar-refractivity contribution in [3.63, 3.8) is 0 Å². The molecule has 6 nitrogen and oxygen atoms in total. The highest BCUT2D eigenvalue weighted by atomic mass is 32.2. The normalized spacial score (nSPS) is 11.1. The molecule has 0 radical (unpaired) electrons. The van der Waals surface area contributed by atoms with Crippen LogP contribution in [0.25, 0.3) is 0 Å². The molecule has 1 N–H and O–H groups in total. The second-order valence-corrected chi connectivity index (χ2v) is 5.92. The Morgan fingerprint density at radius 2 is 1.75 bits per heavy atom. The molecule has 1 aromatic carbocycles. The van der Waals surface area contributed by atoms with E-state index in [2.05, 4.69) is 4.98 Å². The van der Waals surface area contributed by atoms with Gasteiger partial charge in [-0.25, -0.2) is 13.2 Å². The molecule has 20 heavy (non-hydrogen) atoms. The van der Waals surface area contributed by atoms with Gasteiger partial charge in [0.15, 0.2) is 0 Å². The topological polar surface area (TPSA) is 87.6 Å². The van der Waals surface area contributed by atoms with Gasteiger partial charge in [-0.05, 0) is 24.3 Å². The van der Waals surface area contributed by atoms with Crippen LogP contribution in [0.1, 0.15) is 10.4 Å². The maximum Gasteiger partial charge on any atom is 0.337 e. The number of hydrogen-bond acceptors (Lipinski definition) is 4. The van der Waals surface area contributed by atoms with Crippen LogP contribution in [-0.2, 0) is 10.0 Å². The van der Waals surface area contributed by atoms with Crippen LogP contribution in [-0.4, -0.2) is 31.5 Å². The van der Waals surface area contributed by atoms with Gasteiger partial charge in [0.25, 0.3) is 10.0 Å². The van der Waals surface area contributed by atoms with Gasteiger partial charge in [-0.3, -0.25) is 9.29 Å². The van der Waals surface area contributed by atoms with Crippen molar-refractivity contribution in [2.24, 2.45) is 0 Å². The minimum atomic E-state index is -3.94. The van der Waals surface area contributed by atoms with E-state index in [0.29, 0.717) is 5.69 Å². The summed E-state index contributed by atoms with van der Waals surface area (Å²) in [6, 6.07) is 8.56. The van der Waals surface area contributed by atoms with Crippen molar-refractivity contribution >= 4 is 21.7 Å². The Labute approximate surface area is 116 Å². The molecule has 2 rings (SSSR count). The fraction of sp³-hybridized carbons (Fsp3) is 0.0769. The molecule has 0 aliphatic rings. The molecular formula is C13H12N2O4S. The lowest BCUT2D eigenvalue weighted by Gasteiger charge is -2.20. The van der Waals surface area contributed by atoms with Crippen LogP contribution in [0.3, 0.4) is 0 Å². The van der Waals surface area contributed by atoms with E-state index in [1.165, 1.54) is 55.8 Å². The molecule has 0 atom stereocenters. The number of anilines is 1. The zero-order chi connectivity index (χ0) is 14.8. The van der Waals surface area contributed by atoms with Gasteiger partial charge in [0.2, 0.25) is 0 Å². The highest BCUT2D eigenvalue weighted by Gasteiger charge is 2.26. The Kier molecular flexibility index (Phi) is 3.71. The molecule has 1 aromatic heterocycles. The van der Waals surface area contributed by atoms with Crippen molar-refractivity contribution in [2.75, 3.05) is 11.4 Å². The first-order valence-electron chi connectivity index (χ1n) is 5.66. The highest BCUT2D eigenvalue weighted by molar-refractivity contribution is 7.92. The molecule has 0 saturated carbocycles. The van der Waals surface area contributed by atoms with Crippen LogP contribution in [0.5, 0.6) is 0 Å². The Morgan fingerprint density at radius 1 is 1.15 bits per heavy atom. The van der Waals surface area contributed by atoms with E-state index in [0.717, 1.165) is 4.31 Å². The lowest BCUT2D eigenvalue weighted by Crippen LogP contribution is -2.28. The van der Waals surface area contributed by atoms with Gasteiger partial charge in [0.1, 0.15) is 4.90 Å². The average molecular weight is 292 g/mol. The maximum atomic E-state index is 12.5. The van der Waals surface area contributed by atoms with Crippen molar-refractivity contribution in [2.45, 2.75) is 4.90 Å². The number of aromatic nitrogens is 1. The molecule has 0 fully saturated rings. The van der Waals surface area contributed by atoms with Crippen LogP contribution < -0.4 is 4.31 Å². The predicted molar refractivity (Wildman–Crippen MR) is 73.2 cm³/mol. The molecule has 2 aromatic rings. The number of rotatable bonds is 4. The van der Waals surface area contributed by atoms with Gasteiger partial charge in [-0.15, -0.1) is 0 Å². The molecule has 0 unspecified atom stereocenters. The zero-order valence-electron chi connectivity index (χ0n) is 10.6. The van der Waals surface area contributed by atoms with Gasteiger partial charge < -0.3 is 5.11 Å². The molecular weight excluding hydrogens is 280 g/mol. The Balaban J connectivity index is 2.54. The van der Waals surface area contributed by atoms with Crippen molar-refractivity contribution < 1.29 is 18.3 Å². The molecule has 0 aliphatic heterocycles. The fourth-order valence-electron chi connectivity index (χ4n) is 1.71. The number of hydrogen-bond donors (Lipinski definition) is 1. The number of nitrogens with zero attached hydrogens (tertiary/aromatic N) is 2. The Bertz CT molecular complexity index is 729. The highest BCUT2D eigenvalue weighted by Crippen LogP contribution is 2.23. The van der Waals surface area contributed by atoms with Gasteiger partial charge in [-0.2, -0.15) is 0 Å². The summed E-state index contributed by atoms with van der Waals surface area (Å²) in [6.07, 6.45) is 2.93. The van der Waals surface area contributed by atoms with Crippen LogP contribution >= 0.6 is 0 Å². The van der Waals surface area contributed by atoms with E-state index in [9.17, 15) is 13.2 Å². The first-order chi connectivity index (χ1) is 9.44. The van der Waals surface area contributed by atoms with Gasteiger partial charge in [-0.1, -0.05) is 12.1 Å². The van der Waals surface area contributed by atoms with Crippen molar-refractivity contribution in [3.8, 4) is 0 Å². The number of carboxylic acid groups (broad SMARTS) is 1. The minimum Gasteiger partial charge on any atom is -0.478 e. The van der Waals surface area contributed by atoms with Crippen LogP contribution in [0.15, 0.2) is 53.7 Å². The summed E-state index contributed by atoms with van der Waals surface area (Å²) >= 11 is 0. The molecule has 0 spiro atoms. The largest absolute Gasteiger partial charge is 0.478 e. The first-order valence-corrected chi connectivity index (χ1v) is 7.10. The quantitative estimate of drug-likeness (QED) is 0.925. The van der Waals surface area contributed by atoms with Crippen LogP contribution in [0.2, 0.25) is 0 Å². The SMILES string of the molecule is CN(c1ccncc1)S(=O)(=O)c1ccccc1C(=O)O. The van der Waals surface area contributed by atoms with E-state index in [1.807, 2.05) is 0 Å². The third kappa shape index (κ3) is 2.48. The van der Waals surface area contributed by atoms with Crippen molar-refractivity contribution in [3.05, 3.63) is 54.4 Å². The first kappa shape index (κ1) is 14.0. The molecule has 7 heteroatoms. The standard InChI is InChI=1S/C13H12N2O4S/c1-15(10-6-8-14-9-7-10)20(18,19)12-5-3-2-4-11(12)13(16)17/h2-9H,1H3,(H,16,17). The number of sulfonamides is 1. The summed E-state index contributed by atoms with van der Waals surface area (Å²) in [5, 5.41) is 9.09. The van der Waals surface area contributed by atoms with Crippen LogP contribution in [0, 0.1) is 0 Å².